The van der Waals surface area contributed by atoms with Crippen molar-refractivity contribution in [2.75, 3.05) is 0 Å². The molecule has 2 rings (SSSR count). The maximum absolute atomic E-state index is 13.9. The van der Waals surface area contributed by atoms with Gasteiger partial charge in [0, 0.05) is 19.4 Å². The van der Waals surface area contributed by atoms with Crippen LogP contribution in [0.4, 0.5) is 17.6 Å². The number of alkyl halides is 3. The Labute approximate surface area is 128 Å². The summed E-state index contributed by atoms with van der Waals surface area (Å²) in [6, 6.07) is 1.20. The molecular weight excluding hydrogens is 320 g/mol. The first-order chi connectivity index (χ1) is 10.4. The number of carbonyl (C=O) groups excluding carboxylic acids is 2. The van der Waals surface area contributed by atoms with Crippen molar-refractivity contribution in [3.63, 3.8) is 0 Å². The Hall–Kier alpha value is -2.38. The monoisotopic (exact) mass is 332 g/mol. The van der Waals surface area contributed by atoms with E-state index >= 15 is 0 Å². The summed E-state index contributed by atoms with van der Waals surface area (Å²) in [6.07, 6.45) is -3.90. The quantitative estimate of drug-likeness (QED) is 0.342. The maximum Gasteiger partial charge on any atom is 0.416 e. The lowest BCUT2D eigenvalue weighted by molar-refractivity contribution is -0.222. The molecule has 1 aromatic rings. The molecule has 4 nitrogen and oxygen atoms in total. The molecule has 1 heterocycles. The van der Waals surface area contributed by atoms with Gasteiger partial charge in [-0.3, -0.25) is 0 Å². The third kappa shape index (κ3) is 3.52. The van der Waals surface area contributed by atoms with Crippen LogP contribution in [0, 0.1) is 12.7 Å². The van der Waals surface area contributed by atoms with E-state index in [2.05, 4.69) is 0 Å². The molecule has 0 bridgehead atoms. The fourth-order valence-electron chi connectivity index (χ4n) is 2.05. The molecule has 0 unspecified atom stereocenters. The SMILES string of the molecule is Cc1cc(C=C2C(=O)OC(C)(C)OC2=O)c(F)cc1C(F)(F)F. The zero-order valence-corrected chi connectivity index (χ0v) is 12.4. The van der Waals surface area contributed by atoms with Crippen molar-refractivity contribution in [3.8, 4) is 0 Å². The Kier molecular flexibility index (Phi) is 3.96. The maximum atomic E-state index is 13.9. The van der Waals surface area contributed by atoms with E-state index in [9.17, 15) is 27.2 Å². The summed E-state index contributed by atoms with van der Waals surface area (Å²) in [5, 5.41) is 0. The van der Waals surface area contributed by atoms with Gasteiger partial charge in [0.15, 0.2) is 0 Å². The molecule has 0 saturated carbocycles. The molecule has 1 aliphatic heterocycles. The van der Waals surface area contributed by atoms with Crippen LogP contribution >= 0.6 is 0 Å². The van der Waals surface area contributed by atoms with Crippen molar-refractivity contribution in [2.45, 2.75) is 32.7 Å². The highest BCUT2D eigenvalue weighted by Gasteiger charge is 2.39. The molecule has 0 atom stereocenters. The number of benzene rings is 1. The van der Waals surface area contributed by atoms with Gasteiger partial charge in [-0.1, -0.05) is 0 Å². The summed E-state index contributed by atoms with van der Waals surface area (Å²) in [6.45, 7) is 3.82. The Balaban J connectivity index is 2.46. The zero-order valence-electron chi connectivity index (χ0n) is 12.4. The van der Waals surface area contributed by atoms with Crippen LogP contribution in [0.5, 0.6) is 0 Å². The van der Waals surface area contributed by atoms with Gasteiger partial charge < -0.3 is 9.47 Å². The first kappa shape index (κ1) is 17.0. The Morgan fingerprint density at radius 1 is 1.09 bits per heavy atom. The number of carbonyl (C=O) groups is 2. The Morgan fingerprint density at radius 3 is 2.09 bits per heavy atom. The highest BCUT2D eigenvalue weighted by atomic mass is 19.4. The summed E-state index contributed by atoms with van der Waals surface area (Å²) in [7, 11) is 0. The molecule has 124 valence electrons. The van der Waals surface area contributed by atoms with Crippen LogP contribution in [0.25, 0.3) is 6.08 Å². The third-order valence-corrected chi connectivity index (χ3v) is 3.07. The van der Waals surface area contributed by atoms with Gasteiger partial charge in [0.05, 0.1) is 5.56 Å². The summed E-state index contributed by atoms with van der Waals surface area (Å²) < 4.78 is 61.6. The molecule has 0 aromatic heterocycles. The molecular formula is C15H12F4O4. The molecule has 0 spiro atoms. The van der Waals surface area contributed by atoms with Crippen LogP contribution in [0.2, 0.25) is 0 Å². The molecule has 0 N–H and O–H groups in total. The molecule has 23 heavy (non-hydrogen) atoms. The number of ether oxygens (including phenoxy) is 2. The molecule has 8 heteroatoms. The molecule has 0 amide bonds. The number of rotatable bonds is 1. The number of hydrogen-bond acceptors (Lipinski definition) is 4. The summed E-state index contributed by atoms with van der Waals surface area (Å²) >= 11 is 0. The highest BCUT2D eigenvalue weighted by Crippen LogP contribution is 2.34. The minimum atomic E-state index is -4.71. The molecule has 0 radical (unpaired) electrons. The van der Waals surface area contributed by atoms with Crippen LogP contribution in [0.1, 0.15) is 30.5 Å². The lowest BCUT2D eigenvalue weighted by atomic mass is 10.0. The fraction of sp³-hybridized carbons (Fsp3) is 0.333. The van der Waals surface area contributed by atoms with Crippen LogP contribution < -0.4 is 0 Å². The first-order valence-corrected chi connectivity index (χ1v) is 6.46. The predicted octanol–water partition coefficient (Wildman–Crippen LogP) is 3.37. The molecule has 0 aliphatic carbocycles. The van der Waals surface area contributed by atoms with Crippen LogP contribution in [0.3, 0.4) is 0 Å². The van der Waals surface area contributed by atoms with Gasteiger partial charge in [0.2, 0.25) is 0 Å². The minimum absolute atomic E-state index is 0.247. The van der Waals surface area contributed by atoms with Gasteiger partial charge in [-0.15, -0.1) is 0 Å². The number of halogens is 4. The molecule has 1 aromatic carbocycles. The van der Waals surface area contributed by atoms with Crippen molar-refractivity contribution in [2.24, 2.45) is 0 Å². The largest absolute Gasteiger partial charge is 0.419 e. The lowest BCUT2D eigenvalue weighted by Gasteiger charge is -2.29. The number of esters is 2. The second kappa shape index (κ2) is 5.36. The van der Waals surface area contributed by atoms with Crippen molar-refractivity contribution in [1.29, 1.82) is 0 Å². The van der Waals surface area contributed by atoms with Gasteiger partial charge in [0.25, 0.3) is 5.79 Å². The number of aryl methyl sites for hydroxylation is 1. The summed E-state index contributed by atoms with van der Waals surface area (Å²) in [4.78, 5) is 23.5. The Bertz CT molecular complexity index is 695. The number of hydrogen-bond donors (Lipinski definition) is 0. The third-order valence-electron chi connectivity index (χ3n) is 3.07. The Morgan fingerprint density at radius 2 is 1.61 bits per heavy atom. The van der Waals surface area contributed by atoms with E-state index in [-0.39, 0.29) is 11.1 Å². The summed E-state index contributed by atoms with van der Waals surface area (Å²) in [5.74, 6) is -4.76. The van der Waals surface area contributed by atoms with E-state index < -0.39 is 40.9 Å². The van der Waals surface area contributed by atoms with Gasteiger partial charge in [-0.05, 0) is 30.7 Å². The second-order valence-electron chi connectivity index (χ2n) is 5.42. The smallest absolute Gasteiger partial charge is 0.416 e. The molecule has 1 aliphatic rings. The van der Waals surface area contributed by atoms with Crippen LogP contribution in [-0.2, 0) is 25.2 Å². The van der Waals surface area contributed by atoms with Gasteiger partial charge in [0.1, 0.15) is 11.4 Å². The lowest BCUT2D eigenvalue weighted by Crippen LogP contribution is -2.41. The van der Waals surface area contributed by atoms with Crippen LogP contribution in [0.15, 0.2) is 17.7 Å². The van der Waals surface area contributed by atoms with Crippen molar-refractivity contribution >= 4 is 18.0 Å². The van der Waals surface area contributed by atoms with E-state index in [4.69, 9.17) is 9.47 Å². The molecule has 1 saturated heterocycles. The van der Waals surface area contributed by atoms with Crippen molar-refractivity contribution in [1.82, 2.24) is 0 Å². The predicted molar refractivity (Wildman–Crippen MR) is 70.4 cm³/mol. The minimum Gasteiger partial charge on any atom is -0.419 e. The van der Waals surface area contributed by atoms with E-state index in [1.54, 1.807) is 0 Å². The van der Waals surface area contributed by atoms with Gasteiger partial charge in [-0.2, -0.15) is 13.2 Å². The van der Waals surface area contributed by atoms with Gasteiger partial charge in [-0.25, -0.2) is 14.0 Å². The number of cyclic esters (lactones) is 2. The van der Waals surface area contributed by atoms with E-state index in [0.29, 0.717) is 6.07 Å². The van der Waals surface area contributed by atoms with Crippen LogP contribution in [-0.4, -0.2) is 17.7 Å². The van der Waals surface area contributed by atoms with E-state index in [1.165, 1.54) is 13.8 Å². The first-order valence-electron chi connectivity index (χ1n) is 6.46. The second-order valence-corrected chi connectivity index (χ2v) is 5.42. The van der Waals surface area contributed by atoms with Crippen molar-refractivity contribution in [3.05, 3.63) is 40.2 Å². The van der Waals surface area contributed by atoms with E-state index in [0.717, 1.165) is 19.1 Å². The average molecular weight is 332 g/mol. The topological polar surface area (TPSA) is 52.6 Å². The highest BCUT2D eigenvalue weighted by molar-refractivity contribution is 6.18. The normalized spacial score (nSPS) is 17.6. The van der Waals surface area contributed by atoms with Gasteiger partial charge >= 0.3 is 18.1 Å². The zero-order chi connectivity index (χ0) is 17.6. The standard InChI is InChI=1S/C15H12F4O4/c1-7-4-8(11(16)6-10(7)15(17,18)19)5-9-12(20)22-14(2,3)23-13(9)21/h4-6H,1-3H3. The summed E-state index contributed by atoms with van der Waals surface area (Å²) in [5.41, 5.74) is -2.32. The van der Waals surface area contributed by atoms with Crippen molar-refractivity contribution < 1.29 is 36.6 Å². The average Bonchev–Trinajstić information content (AvgIpc) is 2.34. The van der Waals surface area contributed by atoms with E-state index in [1.807, 2.05) is 0 Å². The molecule has 1 fully saturated rings. The fourth-order valence-corrected chi connectivity index (χ4v) is 2.05.